The van der Waals surface area contributed by atoms with Crippen LogP contribution in [0.2, 0.25) is 0 Å². The van der Waals surface area contributed by atoms with Crippen LogP contribution in [0.25, 0.3) is 0 Å². The van der Waals surface area contributed by atoms with E-state index in [1.54, 1.807) is 0 Å². The van der Waals surface area contributed by atoms with Crippen LogP contribution in [0, 0.1) is 11.8 Å². The van der Waals surface area contributed by atoms with Gasteiger partial charge in [0.25, 0.3) is 0 Å². The monoisotopic (exact) mass is 286 g/mol. The number of hydrogen-bond acceptors (Lipinski definition) is 2. The lowest BCUT2D eigenvalue weighted by atomic mass is 9.78. The van der Waals surface area contributed by atoms with E-state index >= 15 is 0 Å². The van der Waals surface area contributed by atoms with E-state index in [-0.39, 0.29) is 0 Å². The van der Waals surface area contributed by atoms with Gasteiger partial charge in [0, 0.05) is 25.2 Å². The maximum absolute atomic E-state index is 6.35. The van der Waals surface area contributed by atoms with Gasteiger partial charge in [0.05, 0.1) is 0 Å². The molecule has 0 spiro atoms. The van der Waals surface area contributed by atoms with Gasteiger partial charge in [-0.3, -0.25) is 4.90 Å². The Morgan fingerprint density at radius 2 is 1.95 bits per heavy atom. The van der Waals surface area contributed by atoms with E-state index in [0.717, 1.165) is 11.8 Å². The highest BCUT2D eigenvalue weighted by Gasteiger charge is 2.40. The molecule has 1 aliphatic carbocycles. The van der Waals surface area contributed by atoms with E-state index in [2.05, 4.69) is 43.0 Å². The Labute approximate surface area is 129 Å². The number of benzene rings is 1. The summed E-state index contributed by atoms with van der Waals surface area (Å²) in [5.41, 5.74) is 9.27. The van der Waals surface area contributed by atoms with Gasteiger partial charge in [-0.05, 0) is 49.1 Å². The third-order valence-corrected chi connectivity index (χ3v) is 5.73. The van der Waals surface area contributed by atoms with Gasteiger partial charge >= 0.3 is 0 Å². The Morgan fingerprint density at radius 1 is 1.19 bits per heavy atom. The summed E-state index contributed by atoms with van der Waals surface area (Å²) < 4.78 is 0. The molecule has 116 valence electrons. The molecule has 2 nitrogen and oxygen atoms in total. The zero-order chi connectivity index (χ0) is 14.8. The summed E-state index contributed by atoms with van der Waals surface area (Å²) in [4.78, 5) is 2.66. The van der Waals surface area contributed by atoms with Crippen LogP contribution in [-0.2, 0) is 6.42 Å². The van der Waals surface area contributed by atoms with Crippen molar-refractivity contribution in [1.82, 2.24) is 4.90 Å². The minimum Gasteiger partial charge on any atom is -0.327 e. The molecule has 1 aliphatic heterocycles. The standard InChI is InChI=1S/C19H30N2/c1-3-5-15-8-10-16(11-9-15)14(2)21-12-17-6-4-7-19(20)18(17)13-21/h8-11,14,17-19H,3-7,12-13,20H2,1-2H3. The van der Waals surface area contributed by atoms with Crippen molar-refractivity contribution in [2.75, 3.05) is 13.1 Å². The summed E-state index contributed by atoms with van der Waals surface area (Å²) in [5, 5.41) is 0. The Bertz CT molecular complexity index is 453. The summed E-state index contributed by atoms with van der Waals surface area (Å²) in [6.07, 6.45) is 6.36. The highest BCUT2D eigenvalue weighted by molar-refractivity contribution is 5.25. The number of nitrogens with zero attached hydrogens (tertiary/aromatic N) is 1. The van der Waals surface area contributed by atoms with Crippen LogP contribution in [0.5, 0.6) is 0 Å². The van der Waals surface area contributed by atoms with Crippen molar-refractivity contribution in [2.45, 2.75) is 58.0 Å². The molecule has 1 saturated carbocycles. The van der Waals surface area contributed by atoms with Crippen molar-refractivity contribution in [3.63, 3.8) is 0 Å². The van der Waals surface area contributed by atoms with Gasteiger partial charge in [-0.2, -0.15) is 0 Å². The van der Waals surface area contributed by atoms with Crippen LogP contribution in [-0.4, -0.2) is 24.0 Å². The predicted octanol–water partition coefficient (Wildman–Crippen LogP) is 3.76. The predicted molar refractivity (Wildman–Crippen MR) is 89.2 cm³/mol. The van der Waals surface area contributed by atoms with Crippen LogP contribution < -0.4 is 5.73 Å². The van der Waals surface area contributed by atoms with Crippen LogP contribution >= 0.6 is 0 Å². The third-order valence-electron chi connectivity index (χ3n) is 5.73. The maximum Gasteiger partial charge on any atom is 0.0320 e. The van der Waals surface area contributed by atoms with E-state index < -0.39 is 0 Å². The first-order valence-electron chi connectivity index (χ1n) is 8.77. The molecule has 2 aliphatic rings. The van der Waals surface area contributed by atoms with Gasteiger partial charge < -0.3 is 5.73 Å². The molecule has 0 bridgehead atoms. The van der Waals surface area contributed by atoms with Crippen molar-refractivity contribution in [3.05, 3.63) is 35.4 Å². The molecular weight excluding hydrogens is 256 g/mol. The lowest BCUT2D eigenvalue weighted by Crippen LogP contribution is -2.38. The first-order chi connectivity index (χ1) is 10.2. The molecule has 21 heavy (non-hydrogen) atoms. The summed E-state index contributed by atoms with van der Waals surface area (Å²) in [6.45, 7) is 7.05. The number of fused-ring (bicyclic) bond motifs is 1. The average molecular weight is 286 g/mol. The molecule has 1 saturated heterocycles. The number of nitrogens with two attached hydrogens (primary N) is 1. The van der Waals surface area contributed by atoms with Crippen molar-refractivity contribution < 1.29 is 0 Å². The lowest BCUT2D eigenvalue weighted by Gasteiger charge is -2.30. The van der Waals surface area contributed by atoms with Gasteiger partial charge in [0.15, 0.2) is 0 Å². The van der Waals surface area contributed by atoms with Gasteiger partial charge in [-0.25, -0.2) is 0 Å². The summed E-state index contributed by atoms with van der Waals surface area (Å²) in [6, 6.07) is 10.2. The number of likely N-dealkylation sites (tertiary alicyclic amines) is 1. The van der Waals surface area contributed by atoms with E-state index in [9.17, 15) is 0 Å². The molecule has 0 aromatic heterocycles. The number of hydrogen-bond donors (Lipinski definition) is 1. The molecule has 2 N–H and O–H groups in total. The second-order valence-corrected chi connectivity index (χ2v) is 7.14. The third kappa shape index (κ3) is 3.17. The zero-order valence-electron chi connectivity index (χ0n) is 13.6. The largest absolute Gasteiger partial charge is 0.327 e. The van der Waals surface area contributed by atoms with Crippen LogP contribution in [0.4, 0.5) is 0 Å². The highest BCUT2D eigenvalue weighted by Crippen LogP contribution is 2.38. The minimum atomic E-state index is 0.438. The topological polar surface area (TPSA) is 29.3 Å². The van der Waals surface area contributed by atoms with Gasteiger partial charge in [-0.15, -0.1) is 0 Å². The van der Waals surface area contributed by atoms with Gasteiger partial charge in [-0.1, -0.05) is 44.0 Å². The molecule has 0 amide bonds. The molecule has 1 aromatic rings. The lowest BCUT2D eigenvalue weighted by molar-refractivity contribution is 0.245. The Hall–Kier alpha value is -0.860. The fraction of sp³-hybridized carbons (Fsp3) is 0.684. The number of rotatable bonds is 4. The minimum absolute atomic E-state index is 0.438. The molecule has 1 heterocycles. The SMILES string of the molecule is CCCc1ccc(C(C)N2CC3CCCC(N)C3C2)cc1. The van der Waals surface area contributed by atoms with E-state index in [0.29, 0.717) is 12.1 Å². The summed E-state index contributed by atoms with van der Waals surface area (Å²) in [7, 11) is 0. The van der Waals surface area contributed by atoms with E-state index in [1.165, 1.54) is 56.3 Å². The van der Waals surface area contributed by atoms with Crippen molar-refractivity contribution in [2.24, 2.45) is 17.6 Å². The first kappa shape index (κ1) is 15.1. The maximum atomic E-state index is 6.35. The zero-order valence-corrected chi connectivity index (χ0v) is 13.6. The molecule has 4 unspecified atom stereocenters. The smallest absolute Gasteiger partial charge is 0.0320 e. The summed E-state index contributed by atoms with van der Waals surface area (Å²) in [5.74, 6) is 1.58. The summed E-state index contributed by atoms with van der Waals surface area (Å²) >= 11 is 0. The Kier molecular flexibility index (Phi) is 4.66. The molecule has 1 aromatic carbocycles. The highest BCUT2D eigenvalue weighted by atomic mass is 15.2. The van der Waals surface area contributed by atoms with E-state index in [1.807, 2.05) is 0 Å². The van der Waals surface area contributed by atoms with Crippen LogP contribution in [0.1, 0.15) is 56.7 Å². The second kappa shape index (κ2) is 6.50. The van der Waals surface area contributed by atoms with E-state index in [4.69, 9.17) is 5.73 Å². The molecule has 3 rings (SSSR count). The molecule has 4 atom stereocenters. The van der Waals surface area contributed by atoms with Gasteiger partial charge in [0.2, 0.25) is 0 Å². The second-order valence-electron chi connectivity index (χ2n) is 7.14. The van der Waals surface area contributed by atoms with Crippen molar-refractivity contribution in [1.29, 1.82) is 0 Å². The Morgan fingerprint density at radius 3 is 2.62 bits per heavy atom. The average Bonchev–Trinajstić information content (AvgIpc) is 2.93. The van der Waals surface area contributed by atoms with Crippen molar-refractivity contribution >= 4 is 0 Å². The number of aryl methyl sites for hydroxylation is 1. The molecule has 0 radical (unpaired) electrons. The fourth-order valence-electron chi connectivity index (χ4n) is 4.33. The van der Waals surface area contributed by atoms with Crippen molar-refractivity contribution in [3.8, 4) is 0 Å². The Balaban J connectivity index is 1.66. The van der Waals surface area contributed by atoms with Crippen LogP contribution in [0.15, 0.2) is 24.3 Å². The molecule has 2 fully saturated rings. The molecular formula is C19H30N2. The van der Waals surface area contributed by atoms with Crippen LogP contribution in [0.3, 0.4) is 0 Å². The quantitative estimate of drug-likeness (QED) is 0.913. The normalized spacial score (nSPS) is 31.1. The fourth-order valence-corrected chi connectivity index (χ4v) is 4.33. The van der Waals surface area contributed by atoms with Gasteiger partial charge in [0.1, 0.15) is 0 Å². The molecule has 2 heteroatoms. The first-order valence-corrected chi connectivity index (χ1v) is 8.77.